The van der Waals surface area contributed by atoms with Gasteiger partial charge in [0.05, 0.1) is 17.2 Å². The highest BCUT2D eigenvalue weighted by Gasteiger charge is 2.31. The number of aryl methyl sites for hydroxylation is 1. The van der Waals surface area contributed by atoms with Gasteiger partial charge in [0.2, 0.25) is 0 Å². The molecule has 0 fully saturated rings. The van der Waals surface area contributed by atoms with E-state index in [-0.39, 0.29) is 17.2 Å². The highest BCUT2D eigenvalue weighted by atomic mass is 32.2. The SMILES string of the molecule is CCn1nc(C#N)c2c1CS(=O)(=O)C2. The normalized spacial score (nSPS) is 17.7. The van der Waals surface area contributed by atoms with Crippen molar-refractivity contribution in [3.8, 4) is 6.07 Å². The monoisotopic (exact) mass is 211 g/mol. The Kier molecular flexibility index (Phi) is 1.86. The second-order valence-corrected chi connectivity index (χ2v) is 5.30. The zero-order chi connectivity index (χ0) is 10.3. The summed E-state index contributed by atoms with van der Waals surface area (Å²) in [6, 6.07) is 1.92. The van der Waals surface area contributed by atoms with Crippen LogP contribution >= 0.6 is 0 Å². The number of hydrogen-bond donors (Lipinski definition) is 0. The van der Waals surface area contributed by atoms with Crippen molar-refractivity contribution >= 4 is 9.84 Å². The molecule has 0 atom stereocenters. The summed E-state index contributed by atoms with van der Waals surface area (Å²) in [7, 11) is -3.04. The van der Waals surface area contributed by atoms with Crippen molar-refractivity contribution in [2.24, 2.45) is 0 Å². The molecule has 0 unspecified atom stereocenters. The fourth-order valence-corrected chi connectivity index (χ4v) is 3.26. The van der Waals surface area contributed by atoms with E-state index in [0.717, 1.165) is 0 Å². The fourth-order valence-electron chi connectivity index (χ4n) is 1.68. The lowest BCUT2D eigenvalue weighted by atomic mass is 10.2. The first kappa shape index (κ1) is 9.21. The summed E-state index contributed by atoms with van der Waals surface area (Å²) < 4.78 is 24.3. The van der Waals surface area contributed by atoms with E-state index in [2.05, 4.69) is 5.10 Å². The second kappa shape index (κ2) is 2.82. The molecule has 0 bridgehead atoms. The average molecular weight is 211 g/mol. The van der Waals surface area contributed by atoms with Crippen LogP contribution in [0.3, 0.4) is 0 Å². The molecule has 6 heteroatoms. The molecule has 5 nitrogen and oxygen atoms in total. The number of sulfone groups is 1. The van der Waals surface area contributed by atoms with Gasteiger partial charge in [0, 0.05) is 12.1 Å². The molecule has 1 aliphatic heterocycles. The molecule has 2 heterocycles. The van der Waals surface area contributed by atoms with E-state index < -0.39 is 9.84 Å². The third kappa shape index (κ3) is 1.21. The van der Waals surface area contributed by atoms with E-state index in [9.17, 15) is 8.42 Å². The van der Waals surface area contributed by atoms with Gasteiger partial charge in [0.25, 0.3) is 0 Å². The molecule has 0 N–H and O–H groups in total. The van der Waals surface area contributed by atoms with Crippen molar-refractivity contribution in [3.05, 3.63) is 17.0 Å². The molecule has 0 saturated carbocycles. The Balaban J connectivity index is 2.63. The topological polar surface area (TPSA) is 75.8 Å². The molecular weight excluding hydrogens is 202 g/mol. The highest BCUT2D eigenvalue weighted by molar-refractivity contribution is 7.90. The van der Waals surface area contributed by atoms with Crippen LogP contribution in [0.25, 0.3) is 0 Å². The van der Waals surface area contributed by atoms with Crippen LogP contribution in [0.4, 0.5) is 0 Å². The number of rotatable bonds is 1. The summed E-state index contributed by atoms with van der Waals surface area (Å²) in [6.45, 7) is 2.47. The predicted molar refractivity (Wildman–Crippen MR) is 48.9 cm³/mol. The van der Waals surface area contributed by atoms with Gasteiger partial charge in [-0.25, -0.2) is 8.42 Å². The van der Waals surface area contributed by atoms with Gasteiger partial charge in [0.1, 0.15) is 6.07 Å². The molecule has 1 aromatic heterocycles. The maximum Gasteiger partial charge on any atom is 0.167 e. The lowest BCUT2D eigenvalue weighted by molar-refractivity contribution is 0.591. The molecule has 1 aromatic rings. The molecule has 0 aliphatic carbocycles. The van der Waals surface area contributed by atoms with Gasteiger partial charge < -0.3 is 0 Å². The minimum absolute atomic E-state index is 0.0187. The van der Waals surface area contributed by atoms with E-state index >= 15 is 0 Å². The van der Waals surface area contributed by atoms with Crippen LogP contribution in [-0.4, -0.2) is 18.2 Å². The van der Waals surface area contributed by atoms with Crippen LogP contribution in [-0.2, 0) is 27.9 Å². The van der Waals surface area contributed by atoms with Crippen LogP contribution in [0.15, 0.2) is 0 Å². The molecule has 0 saturated heterocycles. The van der Waals surface area contributed by atoms with E-state index in [1.807, 2.05) is 13.0 Å². The summed E-state index contributed by atoms with van der Waals surface area (Å²) in [5.41, 5.74) is 1.53. The van der Waals surface area contributed by atoms with Gasteiger partial charge in [-0.05, 0) is 6.92 Å². The Labute approximate surface area is 81.9 Å². The van der Waals surface area contributed by atoms with Gasteiger partial charge in [-0.2, -0.15) is 10.4 Å². The van der Waals surface area contributed by atoms with Gasteiger partial charge in [-0.3, -0.25) is 4.68 Å². The first-order valence-electron chi connectivity index (χ1n) is 4.26. The Hall–Kier alpha value is -1.35. The number of fused-ring (bicyclic) bond motifs is 1. The van der Waals surface area contributed by atoms with Crippen molar-refractivity contribution in [1.29, 1.82) is 5.26 Å². The molecule has 0 amide bonds. The summed E-state index contributed by atoms with van der Waals surface area (Å²) in [5, 5.41) is 12.8. The highest BCUT2D eigenvalue weighted by Crippen LogP contribution is 2.27. The third-order valence-corrected chi connectivity index (χ3v) is 3.73. The van der Waals surface area contributed by atoms with Gasteiger partial charge in [0.15, 0.2) is 15.5 Å². The molecule has 14 heavy (non-hydrogen) atoms. The smallest absolute Gasteiger partial charge is 0.167 e. The predicted octanol–water partition coefficient (Wildman–Crippen LogP) is 0.203. The third-order valence-electron chi connectivity index (χ3n) is 2.29. The lowest BCUT2D eigenvalue weighted by Crippen LogP contribution is -2.05. The van der Waals surface area contributed by atoms with Crippen LogP contribution in [0.5, 0.6) is 0 Å². The second-order valence-electron chi connectivity index (χ2n) is 3.23. The maximum atomic E-state index is 11.3. The number of nitriles is 1. The Morgan fingerprint density at radius 2 is 2.29 bits per heavy atom. The summed E-state index contributed by atoms with van der Waals surface area (Å²) in [4.78, 5) is 0. The van der Waals surface area contributed by atoms with Crippen LogP contribution in [0.1, 0.15) is 23.9 Å². The summed E-state index contributed by atoms with van der Waals surface area (Å²) >= 11 is 0. The van der Waals surface area contributed by atoms with Crippen molar-refractivity contribution in [2.45, 2.75) is 25.0 Å². The molecule has 0 spiro atoms. The number of nitrogens with zero attached hydrogens (tertiary/aromatic N) is 3. The summed E-state index contributed by atoms with van der Waals surface area (Å²) in [5.74, 6) is -0.0178. The first-order chi connectivity index (χ1) is 6.57. The van der Waals surface area contributed by atoms with Gasteiger partial charge in [-0.1, -0.05) is 0 Å². The molecule has 74 valence electrons. The van der Waals surface area contributed by atoms with Crippen LogP contribution < -0.4 is 0 Å². The van der Waals surface area contributed by atoms with Crippen molar-refractivity contribution in [2.75, 3.05) is 0 Å². The number of aromatic nitrogens is 2. The molecule has 1 aliphatic rings. The standard InChI is InChI=1S/C8H9N3O2S/c1-2-11-8-5-14(12,13)4-6(8)7(3-9)10-11/h2,4-5H2,1H3. The minimum Gasteiger partial charge on any atom is -0.267 e. The molecule has 2 rings (SSSR count). The fraction of sp³-hybridized carbons (Fsp3) is 0.500. The molecule has 0 aromatic carbocycles. The Morgan fingerprint density at radius 1 is 1.57 bits per heavy atom. The summed E-state index contributed by atoms with van der Waals surface area (Å²) in [6.07, 6.45) is 0. The largest absolute Gasteiger partial charge is 0.267 e. The van der Waals surface area contributed by atoms with E-state index in [4.69, 9.17) is 5.26 Å². The van der Waals surface area contributed by atoms with Gasteiger partial charge in [-0.15, -0.1) is 0 Å². The number of hydrogen-bond acceptors (Lipinski definition) is 4. The molecule has 0 radical (unpaired) electrons. The zero-order valence-electron chi connectivity index (χ0n) is 7.69. The Bertz CT molecular complexity index is 522. The van der Waals surface area contributed by atoms with Gasteiger partial charge >= 0.3 is 0 Å². The van der Waals surface area contributed by atoms with Crippen LogP contribution in [0, 0.1) is 11.3 Å². The van der Waals surface area contributed by atoms with Crippen molar-refractivity contribution < 1.29 is 8.42 Å². The quantitative estimate of drug-likeness (QED) is 0.665. The van der Waals surface area contributed by atoms with Crippen molar-refractivity contribution in [3.63, 3.8) is 0 Å². The minimum atomic E-state index is -3.04. The first-order valence-corrected chi connectivity index (χ1v) is 6.08. The lowest BCUT2D eigenvalue weighted by Gasteiger charge is -1.98. The van der Waals surface area contributed by atoms with E-state index in [1.165, 1.54) is 0 Å². The zero-order valence-corrected chi connectivity index (χ0v) is 8.50. The maximum absolute atomic E-state index is 11.3. The van der Waals surface area contributed by atoms with E-state index in [0.29, 0.717) is 17.8 Å². The molecular formula is C8H9N3O2S. The van der Waals surface area contributed by atoms with Crippen molar-refractivity contribution in [1.82, 2.24) is 9.78 Å². The Morgan fingerprint density at radius 3 is 2.86 bits per heavy atom. The average Bonchev–Trinajstić information content (AvgIpc) is 2.57. The van der Waals surface area contributed by atoms with E-state index in [1.54, 1.807) is 4.68 Å². The van der Waals surface area contributed by atoms with Crippen LogP contribution in [0.2, 0.25) is 0 Å².